The number of ether oxygens (including phenoxy) is 1. The van der Waals surface area contributed by atoms with Crippen LogP contribution < -0.4 is 5.32 Å². The molecule has 1 unspecified atom stereocenters. The Morgan fingerprint density at radius 1 is 1.30 bits per heavy atom. The van der Waals surface area contributed by atoms with E-state index in [1.54, 1.807) is 4.90 Å². The van der Waals surface area contributed by atoms with Crippen LogP contribution in [0.4, 0.5) is 4.79 Å². The van der Waals surface area contributed by atoms with Crippen LogP contribution >= 0.6 is 0 Å². The van der Waals surface area contributed by atoms with Crippen molar-refractivity contribution < 1.29 is 14.3 Å². The van der Waals surface area contributed by atoms with Crippen LogP contribution in [0.15, 0.2) is 30.3 Å². The molecule has 1 fully saturated rings. The summed E-state index contributed by atoms with van der Waals surface area (Å²) in [4.78, 5) is 29.0. The number of amides is 2. The third-order valence-electron chi connectivity index (χ3n) is 4.21. The number of H-pyrrole nitrogens is 1. The number of methoxy groups -OCH3 is 1. The molecule has 0 radical (unpaired) electrons. The van der Waals surface area contributed by atoms with Crippen LogP contribution in [-0.2, 0) is 4.74 Å². The largest absolute Gasteiger partial charge is 0.453 e. The summed E-state index contributed by atoms with van der Waals surface area (Å²) in [6, 6.07) is 9.57. The van der Waals surface area contributed by atoms with E-state index in [2.05, 4.69) is 10.3 Å². The molecule has 0 spiro atoms. The van der Waals surface area contributed by atoms with Gasteiger partial charge in [0.15, 0.2) is 0 Å². The second-order valence-corrected chi connectivity index (χ2v) is 5.85. The minimum absolute atomic E-state index is 0.0597. The number of rotatable bonds is 2. The second kappa shape index (κ2) is 6.73. The smallest absolute Gasteiger partial charge is 0.409 e. The van der Waals surface area contributed by atoms with Gasteiger partial charge in [0, 0.05) is 30.0 Å². The Kier molecular flexibility index (Phi) is 4.50. The normalized spacial score (nSPS) is 18.5. The maximum atomic E-state index is 12.5. The number of hydrogen-bond donors (Lipinski definition) is 2. The van der Waals surface area contributed by atoms with Gasteiger partial charge in [0.25, 0.3) is 5.91 Å². The number of aromatic amines is 1. The molecule has 2 N–H and O–H groups in total. The summed E-state index contributed by atoms with van der Waals surface area (Å²) < 4.78 is 4.79. The number of carbonyl (C=O) groups is 2. The maximum absolute atomic E-state index is 12.5. The summed E-state index contributed by atoms with van der Waals surface area (Å²) >= 11 is 0. The minimum Gasteiger partial charge on any atom is -0.453 e. The molecule has 1 aliphatic heterocycles. The highest BCUT2D eigenvalue weighted by Gasteiger charge is 2.24. The van der Waals surface area contributed by atoms with Gasteiger partial charge in [0.2, 0.25) is 0 Å². The number of nitrogens with zero attached hydrogens (tertiary/aromatic N) is 1. The van der Waals surface area contributed by atoms with Crippen LogP contribution in [0.25, 0.3) is 10.9 Å². The SMILES string of the molecule is COC(=O)N1CCCCC(NC(=O)c2cc3ccccc3[nH]2)C1. The van der Waals surface area contributed by atoms with Gasteiger partial charge in [-0.1, -0.05) is 18.2 Å². The summed E-state index contributed by atoms with van der Waals surface area (Å²) in [5.74, 6) is -0.141. The first-order chi connectivity index (χ1) is 11.2. The summed E-state index contributed by atoms with van der Waals surface area (Å²) in [6.07, 6.45) is 2.43. The third kappa shape index (κ3) is 3.47. The molecular formula is C17H21N3O3. The van der Waals surface area contributed by atoms with Gasteiger partial charge in [-0.05, 0) is 31.4 Å². The van der Waals surface area contributed by atoms with Crippen LogP contribution in [0, 0.1) is 0 Å². The molecule has 6 nitrogen and oxygen atoms in total. The Balaban J connectivity index is 1.69. The summed E-state index contributed by atoms with van der Waals surface area (Å²) in [6.45, 7) is 1.16. The average Bonchev–Trinajstić information content (AvgIpc) is 2.87. The number of nitrogens with one attached hydrogen (secondary N) is 2. The number of para-hydroxylation sites is 1. The van der Waals surface area contributed by atoms with E-state index in [-0.39, 0.29) is 18.0 Å². The zero-order valence-corrected chi connectivity index (χ0v) is 13.2. The predicted molar refractivity (Wildman–Crippen MR) is 87.4 cm³/mol. The van der Waals surface area contributed by atoms with Gasteiger partial charge in [0.05, 0.1) is 7.11 Å². The molecule has 0 saturated carbocycles. The van der Waals surface area contributed by atoms with Gasteiger partial charge in [-0.2, -0.15) is 0 Å². The molecule has 122 valence electrons. The third-order valence-corrected chi connectivity index (χ3v) is 4.21. The number of benzene rings is 1. The molecule has 2 amide bonds. The zero-order valence-electron chi connectivity index (χ0n) is 13.2. The number of likely N-dealkylation sites (tertiary alicyclic amines) is 1. The molecule has 1 atom stereocenters. The van der Waals surface area contributed by atoms with Crippen molar-refractivity contribution >= 4 is 22.9 Å². The van der Waals surface area contributed by atoms with E-state index in [1.807, 2.05) is 30.3 Å². The van der Waals surface area contributed by atoms with E-state index < -0.39 is 0 Å². The lowest BCUT2D eigenvalue weighted by Crippen LogP contribution is -2.44. The fourth-order valence-electron chi connectivity index (χ4n) is 3.01. The van der Waals surface area contributed by atoms with Crippen molar-refractivity contribution in [1.29, 1.82) is 0 Å². The fraction of sp³-hybridized carbons (Fsp3) is 0.412. The van der Waals surface area contributed by atoms with Crippen LogP contribution in [0.2, 0.25) is 0 Å². The molecule has 1 saturated heterocycles. The molecule has 0 aliphatic carbocycles. The molecule has 3 rings (SSSR count). The van der Waals surface area contributed by atoms with Crippen molar-refractivity contribution in [2.75, 3.05) is 20.2 Å². The van der Waals surface area contributed by atoms with Gasteiger partial charge in [-0.25, -0.2) is 4.79 Å². The lowest BCUT2D eigenvalue weighted by atomic mass is 10.1. The Bertz CT molecular complexity index is 677. The average molecular weight is 315 g/mol. The van der Waals surface area contributed by atoms with Crippen molar-refractivity contribution in [3.63, 3.8) is 0 Å². The highest BCUT2D eigenvalue weighted by Crippen LogP contribution is 2.16. The lowest BCUT2D eigenvalue weighted by Gasteiger charge is -2.23. The van der Waals surface area contributed by atoms with Crippen molar-refractivity contribution in [2.24, 2.45) is 0 Å². The van der Waals surface area contributed by atoms with Gasteiger partial charge in [-0.3, -0.25) is 4.79 Å². The van der Waals surface area contributed by atoms with Crippen LogP contribution in [0.1, 0.15) is 29.8 Å². The molecule has 2 aromatic rings. The summed E-state index contributed by atoms with van der Waals surface area (Å²) in [5.41, 5.74) is 1.48. The number of aromatic nitrogens is 1. The molecular weight excluding hydrogens is 294 g/mol. The maximum Gasteiger partial charge on any atom is 0.409 e. The Labute approximate surface area is 134 Å². The Morgan fingerprint density at radius 2 is 2.13 bits per heavy atom. The standard InChI is InChI=1S/C17H21N3O3/c1-23-17(22)20-9-5-4-7-13(11-20)18-16(21)15-10-12-6-2-3-8-14(12)19-15/h2-3,6,8,10,13,19H,4-5,7,9,11H2,1H3,(H,18,21). The van der Waals surface area contributed by atoms with Crippen molar-refractivity contribution in [1.82, 2.24) is 15.2 Å². The predicted octanol–water partition coefficient (Wildman–Crippen LogP) is 2.52. The van der Waals surface area contributed by atoms with Crippen molar-refractivity contribution in [2.45, 2.75) is 25.3 Å². The highest BCUT2D eigenvalue weighted by molar-refractivity contribution is 5.98. The lowest BCUT2D eigenvalue weighted by molar-refractivity contribution is 0.0909. The van der Waals surface area contributed by atoms with E-state index in [4.69, 9.17) is 4.74 Å². The first kappa shape index (κ1) is 15.4. The van der Waals surface area contributed by atoms with Crippen molar-refractivity contribution in [3.8, 4) is 0 Å². The first-order valence-corrected chi connectivity index (χ1v) is 7.89. The molecule has 1 aromatic heterocycles. The fourth-order valence-corrected chi connectivity index (χ4v) is 3.01. The molecule has 6 heteroatoms. The van der Waals surface area contributed by atoms with E-state index >= 15 is 0 Å². The first-order valence-electron chi connectivity index (χ1n) is 7.89. The van der Waals surface area contributed by atoms with Gasteiger partial charge >= 0.3 is 6.09 Å². The Hall–Kier alpha value is -2.50. The number of fused-ring (bicyclic) bond motifs is 1. The van der Waals surface area contributed by atoms with Crippen LogP contribution in [-0.4, -0.2) is 48.1 Å². The van der Waals surface area contributed by atoms with Gasteiger partial charge < -0.3 is 19.9 Å². The molecule has 23 heavy (non-hydrogen) atoms. The highest BCUT2D eigenvalue weighted by atomic mass is 16.5. The zero-order chi connectivity index (χ0) is 16.2. The Morgan fingerprint density at radius 3 is 2.91 bits per heavy atom. The number of carbonyl (C=O) groups excluding carboxylic acids is 2. The number of hydrogen-bond acceptors (Lipinski definition) is 3. The van der Waals surface area contributed by atoms with Gasteiger partial charge in [0.1, 0.15) is 5.69 Å². The molecule has 1 aromatic carbocycles. The monoisotopic (exact) mass is 315 g/mol. The van der Waals surface area contributed by atoms with E-state index in [0.717, 1.165) is 30.2 Å². The molecule has 2 heterocycles. The van der Waals surface area contributed by atoms with E-state index in [1.165, 1.54) is 7.11 Å². The topological polar surface area (TPSA) is 74.4 Å². The molecule has 1 aliphatic rings. The second-order valence-electron chi connectivity index (χ2n) is 5.85. The summed E-state index contributed by atoms with van der Waals surface area (Å²) in [7, 11) is 1.38. The minimum atomic E-state index is -0.336. The molecule has 0 bridgehead atoms. The summed E-state index contributed by atoms with van der Waals surface area (Å²) in [5, 5.41) is 4.03. The van der Waals surface area contributed by atoms with Crippen molar-refractivity contribution in [3.05, 3.63) is 36.0 Å². The van der Waals surface area contributed by atoms with Crippen LogP contribution in [0.5, 0.6) is 0 Å². The quantitative estimate of drug-likeness (QED) is 0.894. The van der Waals surface area contributed by atoms with E-state index in [0.29, 0.717) is 18.8 Å². The van der Waals surface area contributed by atoms with E-state index in [9.17, 15) is 9.59 Å². The van der Waals surface area contributed by atoms with Gasteiger partial charge in [-0.15, -0.1) is 0 Å². The van der Waals surface area contributed by atoms with Crippen LogP contribution in [0.3, 0.4) is 0 Å².